The largest absolute Gasteiger partial charge is 0.496 e. The van der Waals surface area contributed by atoms with Gasteiger partial charge in [-0.1, -0.05) is 12.1 Å². The molecular weight excluding hydrogens is 254 g/mol. The molecule has 2 fully saturated rings. The molecule has 2 unspecified atom stereocenters. The molecule has 0 radical (unpaired) electrons. The summed E-state index contributed by atoms with van der Waals surface area (Å²) >= 11 is 0. The number of hydrogen-bond donors (Lipinski definition) is 0. The Kier molecular flexibility index (Phi) is 3.66. The van der Waals surface area contributed by atoms with Gasteiger partial charge in [-0.25, -0.2) is 0 Å². The molecule has 1 aromatic rings. The van der Waals surface area contributed by atoms with Crippen molar-refractivity contribution in [3.8, 4) is 5.75 Å². The average molecular weight is 275 g/mol. The average Bonchev–Trinajstić information content (AvgIpc) is 3.32. The lowest BCUT2D eigenvalue weighted by Crippen LogP contribution is -2.41. The Morgan fingerprint density at radius 3 is 2.95 bits per heavy atom. The second-order valence-electron chi connectivity index (χ2n) is 5.67. The molecule has 4 heteroatoms. The lowest BCUT2D eigenvalue weighted by atomic mass is 9.89. The van der Waals surface area contributed by atoms with Crippen LogP contribution in [0.4, 0.5) is 0 Å². The summed E-state index contributed by atoms with van der Waals surface area (Å²) in [5.74, 6) is 1.49. The first-order valence-corrected chi connectivity index (χ1v) is 7.24. The van der Waals surface area contributed by atoms with Crippen molar-refractivity contribution in [3.05, 3.63) is 29.3 Å². The highest BCUT2D eigenvalue weighted by atomic mass is 16.6. The van der Waals surface area contributed by atoms with Crippen molar-refractivity contribution >= 4 is 5.91 Å². The topological polar surface area (TPSA) is 42.1 Å². The number of aryl methyl sites for hydroxylation is 1. The molecule has 2 aliphatic heterocycles. The van der Waals surface area contributed by atoms with Crippen LogP contribution in [-0.2, 0) is 9.53 Å². The predicted octanol–water partition coefficient (Wildman–Crippen LogP) is 2.11. The second kappa shape index (κ2) is 5.44. The van der Waals surface area contributed by atoms with E-state index in [0.717, 1.165) is 37.2 Å². The zero-order valence-corrected chi connectivity index (χ0v) is 12.1. The summed E-state index contributed by atoms with van der Waals surface area (Å²) in [5, 5.41) is 0. The van der Waals surface area contributed by atoms with E-state index in [9.17, 15) is 4.79 Å². The van der Waals surface area contributed by atoms with E-state index in [1.165, 1.54) is 5.56 Å². The third-order valence-electron chi connectivity index (χ3n) is 4.25. The van der Waals surface area contributed by atoms with Crippen LogP contribution >= 0.6 is 0 Å². The molecule has 2 heterocycles. The van der Waals surface area contributed by atoms with Gasteiger partial charge in [0, 0.05) is 19.0 Å². The lowest BCUT2D eigenvalue weighted by Gasteiger charge is -2.33. The summed E-state index contributed by atoms with van der Waals surface area (Å²) in [4.78, 5) is 14.0. The van der Waals surface area contributed by atoms with Crippen molar-refractivity contribution < 1.29 is 14.3 Å². The first kappa shape index (κ1) is 13.4. The molecule has 3 rings (SSSR count). The fraction of sp³-hybridized carbons (Fsp3) is 0.562. The fourth-order valence-corrected chi connectivity index (χ4v) is 2.93. The van der Waals surface area contributed by atoms with Gasteiger partial charge < -0.3 is 14.4 Å². The Bertz CT molecular complexity index is 510. The summed E-state index contributed by atoms with van der Waals surface area (Å²) in [5.41, 5.74) is 2.41. The highest BCUT2D eigenvalue weighted by Gasteiger charge is 2.37. The molecule has 108 valence electrons. The van der Waals surface area contributed by atoms with Gasteiger partial charge in [0.1, 0.15) is 5.75 Å². The Morgan fingerprint density at radius 1 is 1.45 bits per heavy atom. The number of piperidine rings is 1. The number of carbonyl (C=O) groups is 1. The van der Waals surface area contributed by atoms with E-state index >= 15 is 0 Å². The maximum Gasteiger partial charge on any atom is 0.254 e. The fourth-order valence-electron chi connectivity index (χ4n) is 2.93. The second-order valence-corrected chi connectivity index (χ2v) is 5.67. The van der Waals surface area contributed by atoms with Crippen LogP contribution in [-0.4, -0.2) is 43.7 Å². The van der Waals surface area contributed by atoms with Crippen LogP contribution in [0, 0.1) is 6.92 Å². The smallest absolute Gasteiger partial charge is 0.254 e. The molecule has 1 aromatic carbocycles. The van der Waals surface area contributed by atoms with E-state index in [1.54, 1.807) is 7.11 Å². The van der Waals surface area contributed by atoms with Crippen molar-refractivity contribution in [2.45, 2.75) is 31.8 Å². The van der Waals surface area contributed by atoms with Gasteiger partial charge in [-0.3, -0.25) is 4.79 Å². The van der Waals surface area contributed by atoms with E-state index in [0.29, 0.717) is 12.5 Å². The summed E-state index contributed by atoms with van der Waals surface area (Å²) < 4.78 is 10.5. The zero-order valence-electron chi connectivity index (χ0n) is 12.1. The highest BCUT2D eigenvalue weighted by molar-refractivity contribution is 5.83. The molecule has 2 saturated heterocycles. The molecule has 2 atom stereocenters. The molecule has 4 nitrogen and oxygen atoms in total. The SMILES string of the molecule is COc1cc(C2CCCN(C(=O)C3CO3)C2)ccc1C. The number of hydrogen-bond acceptors (Lipinski definition) is 3. The quantitative estimate of drug-likeness (QED) is 0.793. The maximum absolute atomic E-state index is 12.1. The molecule has 1 amide bonds. The van der Waals surface area contributed by atoms with Crippen LogP contribution < -0.4 is 4.74 Å². The van der Waals surface area contributed by atoms with Crippen molar-refractivity contribution in [1.29, 1.82) is 0 Å². The Morgan fingerprint density at radius 2 is 2.25 bits per heavy atom. The number of epoxide rings is 1. The summed E-state index contributed by atoms with van der Waals surface area (Å²) in [6.45, 7) is 4.30. The Hall–Kier alpha value is -1.55. The van der Waals surface area contributed by atoms with Crippen LogP contribution in [0.2, 0.25) is 0 Å². The van der Waals surface area contributed by atoms with Gasteiger partial charge in [0.2, 0.25) is 0 Å². The standard InChI is InChI=1S/C16H21NO3/c1-11-5-6-12(8-14(11)19-2)13-4-3-7-17(9-13)16(18)15-10-20-15/h5-6,8,13,15H,3-4,7,9-10H2,1-2H3. The Balaban J connectivity index is 1.74. The maximum atomic E-state index is 12.1. The van der Waals surface area contributed by atoms with E-state index in [-0.39, 0.29) is 12.0 Å². The minimum atomic E-state index is -0.165. The first-order valence-electron chi connectivity index (χ1n) is 7.24. The number of rotatable bonds is 3. The molecular formula is C16H21NO3. The van der Waals surface area contributed by atoms with E-state index < -0.39 is 0 Å². The highest BCUT2D eigenvalue weighted by Crippen LogP contribution is 2.31. The minimum Gasteiger partial charge on any atom is -0.496 e. The number of carbonyl (C=O) groups excluding carboxylic acids is 1. The monoisotopic (exact) mass is 275 g/mol. The van der Waals surface area contributed by atoms with Crippen LogP contribution in [0.3, 0.4) is 0 Å². The summed E-state index contributed by atoms with van der Waals surface area (Å²) in [7, 11) is 1.70. The van der Waals surface area contributed by atoms with Crippen LogP contribution in [0.25, 0.3) is 0 Å². The molecule has 0 N–H and O–H groups in total. The van der Waals surface area contributed by atoms with Gasteiger partial charge in [-0.2, -0.15) is 0 Å². The third kappa shape index (κ3) is 2.66. The van der Waals surface area contributed by atoms with Gasteiger partial charge in [0.15, 0.2) is 6.10 Å². The molecule has 0 aliphatic carbocycles. The van der Waals surface area contributed by atoms with Gasteiger partial charge >= 0.3 is 0 Å². The van der Waals surface area contributed by atoms with E-state index in [1.807, 2.05) is 11.8 Å². The van der Waals surface area contributed by atoms with Gasteiger partial charge in [-0.05, 0) is 37.0 Å². The van der Waals surface area contributed by atoms with Crippen molar-refractivity contribution in [2.75, 3.05) is 26.8 Å². The van der Waals surface area contributed by atoms with Gasteiger partial charge in [0.05, 0.1) is 13.7 Å². The molecule has 0 spiro atoms. The minimum absolute atomic E-state index is 0.161. The van der Waals surface area contributed by atoms with Crippen molar-refractivity contribution in [3.63, 3.8) is 0 Å². The third-order valence-corrected chi connectivity index (χ3v) is 4.25. The molecule has 2 aliphatic rings. The van der Waals surface area contributed by atoms with Crippen molar-refractivity contribution in [1.82, 2.24) is 4.90 Å². The Labute approximate surface area is 119 Å². The lowest BCUT2D eigenvalue weighted by molar-refractivity contribution is -0.133. The number of methoxy groups -OCH3 is 1. The van der Waals surface area contributed by atoms with Gasteiger partial charge in [-0.15, -0.1) is 0 Å². The summed E-state index contributed by atoms with van der Waals surface area (Å²) in [6.07, 6.45) is 2.02. The number of ether oxygens (including phenoxy) is 2. The van der Waals surface area contributed by atoms with E-state index in [4.69, 9.17) is 9.47 Å². The first-order chi connectivity index (χ1) is 9.69. The van der Waals surface area contributed by atoms with Crippen LogP contribution in [0.1, 0.15) is 29.9 Å². The normalized spacial score (nSPS) is 25.4. The van der Waals surface area contributed by atoms with Crippen LogP contribution in [0.15, 0.2) is 18.2 Å². The van der Waals surface area contributed by atoms with Crippen molar-refractivity contribution in [2.24, 2.45) is 0 Å². The van der Waals surface area contributed by atoms with Crippen LogP contribution in [0.5, 0.6) is 5.75 Å². The number of benzene rings is 1. The summed E-state index contributed by atoms with van der Waals surface area (Å²) in [6, 6.07) is 6.37. The van der Waals surface area contributed by atoms with Gasteiger partial charge in [0.25, 0.3) is 5.91 Å². The molecule has 0 aromatic heterocycles. The zero-order chi connectivity index (χ0) is 14.1. The predicted molar refractivity (Wildman–Crippen MR) is 76.0 cm³/mol. The molecule has 20 heavy (non-hydrogen) atoms. The number of amides is 1. The molecule has 0 saturated carbocycles. The number of nitrogens with zero attached hydrogens (tertiary/aromatic N) is 1. The number of likely N-dealkylation sites (tertiary alicyclic amines) is 1. The van der Waals surface area contributed by atoms with E-state index in [2.05, 4.69) is 18.2 Å². The molecule has 0 bridgehead atoms.